The van der Waals surface area contributed by atoms with Gasteiger partial charge in [-0.3, -0.25) is 9.78 Å². The fraction of sp³-hybridized carbons (Fsp3) is 0.200. The lowest BCUT2D eigenvalue weighted by Crippen LogP contribution is -2.27. The summed E-state index contributed by atoms with van der Waals surface area (Å²) in [4.78, 5) is 17.8. The van der Waals surface area contributed by atoms with Crippen LogP contribution in [0.15, 0.2) is 42.7 Å². The largest absolute Gasteiger partial charge is 0.321 e. The maximum Gasteiger partial charge on any atom is 0.234 e. The van der Waals surface area contributed by atoms with Crippen LogP contribution in [0.25, 0.3) is 0 Å². The van der Waals surface area contributed by atoms with Gasteiger partial charge in [-0.15, -0.1) is 11.8 Å². The summed E-state index contributed by atoms with van der Waals surface area (Å²) >= 11 is 1.51. The van der Waals surface area contributed by atoms with Crippen LogP contribution in [-0.2, 0) is 11.3 Å². The number of benzene rings is 1. The zero-order valence-electron chi connectivity index (χ0n) is 11.0. The molecule has 2 aromatic rings. The molecule has 2 heterocycles. The van der Waals surface area contributed by atoms with Crippen LogP contribution in [0.1, 0.15) is 16.5 Å². The van der Waals surface area contributed by atoms with E-state index < -0.39 is 11.6 Å². The summed E-state index contributed by atoms with van der Waals surface area (Å²) in [6.07, 6.45) is 3.39. The monoisotopic (exact) mass is 306 g/mol. The van der Waals surface area contributed by atoms with Gasteiger partial charge in [-0.05, 0) is 23.8 Å². The van der Waals surface area contributed by atoms with Gasteiger partial charge in [0.2, 0.25) is 5.91 Å². The summed E-state index contributed by atoms with van der Waals surface area (Å²) < 4.78 is 26.2. The van der Waals surface area contributed by atoms with Gasteiger partial charge in [-0.1, -0.05) is 12.1 Å². The summed E-state index contributed by atoms with van der Waals surface area (Å²) in [6, 6.07) is 7.42. The molecule has 3 rings (SSSR count). The number of halogens is 2. The van der Waals surface area contributed by atoms with Crippen molar-refractivity contribution in [2.45, 2.75) is 11.9 Å². The van der Waals surface area contributed by atoms with Crippen LogP contribution in [0.2, 0.25) is 0 Å². The standard InChI is InChI=1S/C15H12F2N2OS/c16-12-4-3-10(6-13(12)17)8-19-14(20)9-21-15(19)11-2-1-5-18-7-11/h1-7,15H,8-9H2. The Kier molecular flexibility index (Phi) is 3.88. The first-order chi connectivity index (χ1) is 10.1. The van der Waals surface area contributed by atoms with Gasteiger partial charge in [0.1, 0.15) is 5.37 Å². The molecule has 3 nitrogen and oxygen atoms in total. The first-order valence-electron chi connectivity index (χ1n) is 6.40. The SMILES string of the molecule is O=C1CSC(c2cccnc2)N1Cc1ccc(F)c(F)c1. The highest BCUT2D eigenvalue weighted by molar-refractivity contribution is 8.00. The van der Waals surface area contributed by atoms with E-state index in [-0.39, 0.29) is 17.8 Å². The van der Waals surface area contributed by atoms with Crippen LogP contribution < -0.4 is 0 Å². The van der Waals surface area contributed by atoms with Crippen LogP contribution in [-0.4, -0.2) is 21.5 Å². The van der Waals surface area contributed by atoms with Gasteiger partial charge in [0.15, 0.2) is 11.6 Å². The van der Waals surface area contributed by atoms with Crippen molar-refractivity contribution in [3.8, 4) is 0 Å². The van der Waals surface area contributed by atoms with E-state index in [0.29, 0.717) is 11.3 Å². The first-order valence-corrected chi connectivity index (χ1v) is 7.45. The van der Waals surface area contributed by atoms with Crippen molar-refractivity contribution in [2.75, 3.05) is 5.75 Å². The molecule has 1 amide bonds. The van der Waals surface area contributed by atoms with E-state index in [1.807, 2.05) is 12.1 Å². The summed E-state index contributed by atoms with van der Waals surface area (Å²) in [5.41, 5.74) is 1.49. The smallest absolute Gasteiger partial charge is 0.234 e. The maximum absolute atomic E-state index is 13.3. The number of thioether (sulfide) groups is 1. The second kappa shape index (κ2) is 5.81. The molecule has 0 N–H and O–H groups in total. The zero-order valence-corrected chi connectivity index (χ0v) is 11.8. The first kappa shape index (κ1) is 14.0. The van der Waals surface area contributed by atoms with Gasteiger partial charge in [-0.2, -0.15) is 0 Å². The lowest BCUT2D eigenvalue weighted by atomic mass is 10.2. The van der Waals surface area contributed by atoms with E-state index in [9.17, 15) is 13.6 Å². The van der Waals surface area contributed by atoms with Gasteiger partial charge in [-0.25, -0.2) is 8.78 Å². The molecule has 1 unspecified atom stereocenters. The Morgan fingerprint density at radius 2 is 2.14 bits per heavy atom. The maximum atomic E-state index is 13.3. The van der Waals surface area contributed by atoms with Crippen LogP contribution in [0.5, 0.6) is 0 Å². The average Bonchev–Trinajstić information content (AvgIpc) is 2.85. The van der Waals surface area contributed by atoms with Gasteiger partial charge in [0.05, 0.1) is 5.75 Å². The predicted molar refractivity (Wildman–Crippen MR) is 76.3 cm³/mol. The molecule has 0 saturated carbocycles. The molecular weight excluding hydrogens is 294 g/mol. The molecule has 108 valence electrons. The Labute approximate surface area is 125 Å². The molecule has 1 aliphatic heterocycles. The fourth-order valence-electron chi connectivity index (χ4n) is 2.26. The topological polar surface area (TPSA) is 33.2 Å². The number of amides is 1. The molecule has 1 fully saturated rings. The molecular formula is C15H12F2N2OS. The number of nitrogens with zero attached hydrogens (tertiary/aromatic N) is 2. The van der Waals surface area contributed by atoms with Crippen molar-refractivity contribution in [3.05, 3.63) is 65.5 Å². The molecule has 21 heavy (non-hydrogen) atoms. The minimum atomic E-state index is -0.898. The summed E-state index contributed by atoms with van der Waals surface area (Å²) in [5, 5.41) is -0.140. The Bertz CT molecular complexity index is 666. The van der Waals surface area contributed by atoms with E-state index in [1.54, 1.807) is 17.3 Å². The molecule has 1 aromatic heterocycles. The number of carbonyl (C=O) groups is 1. The molecule has 1 aliphatic rings. The minimum Gasteiger partial charge on any atom is -0.321 e. The van der Waals surface area contributed by atoms with Crippen molar-refractivity contribution < 1.29 is 13.6 Å². The molecule has 1 saturated heterocycles. The lowest BCUT2D eigenvalue weighted by Gasteiger charge is -2.24. The molecule has 0 spiro atoms. The average molecular weight is 306 g/mol. The van der Waals surface area contributed by atoms with E-state index >= 15 is 0 Å². The van der Waals surface area contributed by atoms with Crippen molar-refractivity contribution in [2.24, 2.45) is 0 Å². The van der Waals surface area contributed by atoms with Crippen molar-refractivity contribution in [1.82, 2.24) is 9.88 Å². The van der Waals surface area contributed by atoms with E-state index in [1.165, 1.54) is 17.8 Å². The molecule has 6 heteroatoms. The summed E-state index contributed by atoms with van der Waals surface area (Å²) in [6.45, 7) is 0.253. The third-order valence-corrected chi connectivity index (χ3v) is 4.53. The number of carbonyl (C=O) groups excluding carboxylic acids is 1. The third kappa shape index (κ3) is 2.90. The predicted octanol–water partition coefficient (Wildman–Crippen LogP) is 3.13. The Morgan fingerprint density at radius 1 is 1.29 bits per heavy atom. The Morgan fingerprint density at radius 3 is 2.86 bits per heavy atom. The number of hydrogen-bond acceptors (Lipinski definition) is 3. The highest BCUT2D eigenvalue weighted by Gasteiger charge is 2.32. The van der Waals surface area contributed by atoms with E-state index in [0.717, 1.165) is 17.7 Å². The van der Waals surface area contributed by atoms with Gasteiger partial charge < -0.3 is 4.90 Å². The quantitative estimate of drug-likeness (QED) is 0.873. The third-order valence-electron chi connectivity index (χ3n) is 3.27. The minimum absolute atomic E-state index is 0.0152. The Hall–Kier alpha value is -1.95. The van der Waals surface area contributed by atoms with Gasteiger partial charge >= 0.3 is 0 Å². The fourth-order valence-corrected chi connectivity index (χ4v) is 3.43. The van der Waals surface area contributed by atoms with Crippen LogP contribution in [0.4, 0.5) is 8.78 Å². The molecule has 0 radical (unpaired) electrons. The van der Waals surface area contributed by atoms with Gasteiger partial charge in [0, 0.05) is 24.5 Å². The van der Waals surface area contributed by atoms with E-state index in [4.69, 9.17) is 0 Å². The van der Waals surface area contributed by atoms with Crippen LogP contribution in [0, 0.1) is 11.6 Å². The van der Waals surface area contributed by atoms with E-state index in [2.05, 4.69) is 4.98 Å². The van der Waals surface area contributed by atoms with Crippen molar-refractivity contribution >= 4 is 17.7 Å². The highest BCUT2D eigenvalue weighted by atomic mass is 32.2. The normalized spacial score (nSPS) is 18.3. The highest BCUT2D eigenvalue weighted by Crippen LogP contribution is 2.39. The summed E-state index contributed by atoms with van der Waals surface area (Å²) in [7, 11) is 0. The zero-order chi connectivity index (χ0) is 14.8. The molecule has 1 atom stereocenters. The van der Waals surface area contributed by atoms with Crippen LogP contribution >= 0.6 is 11.8 Å². The molecule has 0 bridgehead atoms. The number of hydrogen-bond donors (Lipinski definition) is 0. The number of rotatable bonds is 3. The second-order valence-corrected chi connectivity index (χ2v) is 5.79. The Balaban J connectivity index is 1.84. The lowest BCUT2D eigenvalue weighted by molar-refractivity contribution is -0.128. The van der Waals surface area contributed by atoms with Gasteiger partial charge in [0.25, 0.3) is 0 Å². The van der Waals surface area contributed by atoms with Crippen molar-refractivity contribution in [3.63, 3.8) is 0 Å². The van der Waals surface area contributed by atoms with Crippen LogP contribution in [0.3, 0.4) is 0 Å². The number of pyridine rings is 1. The number of aromatic nitrogens is 1. The second-order valence-electron chi connectivity index (χ2n) is 4.72. The molecule has 1 aromatic carbocycles. The summed E-state index contributed by atoms with van der Waals surface area (Å²) in [5.74, 6) is -1.42. The molecule has 0 aliphatic carbocycles. The van der Waals surface area contributed by atoms with Crippen molar-refractivity contribution in [1.29, 1.82) is 0 Å².